The van der Waals surface area contributed by atoms with Crippen LogP contribution in [0.2, 0.25) is 0 Å². The molecule has 8 rings (SSSR count). The van der Waals surface area contributed by atoms with Gasteiger partial charge in [-0.05, 0) is 108 Å². The molecule has 2 aliphatic rings. The Morgan fingerprint density at radius 1 is 0.692 bits per heavy atom. The second-order valence-electron chi connectivity index (χ2n) is 12.8. The van der Waals surface area contributed by atoms with Crippen LogP contribution in [0.5, 0.6) is 0 Å². The number of fused-ring (bicyclic) bond motifs is 3. The van der Waals surface area contributed by atoms with Gasteiger partial charge >= 0.3 is 5.97 Å². The van der Waals surface area contributed by atoms with Crippen molar-refractivity contribution in [3.63, 3.8) is 0 Å². The highest BCUT2D eigenvalue weighted by molar-refractivity contribution is 8.26. The Hall–Kier alpha value is -5.61. The number of rotatable bonds is 8. The number of aliphatic carboxylic acids is 1. The predicted octanol–water partition coefficient (Wildman–Crippen LogP) is 10.7. The summed E-state index contributed by atoms with van der Waals surface area (Å²) in [5.41, 5.74) is 11.7. The van der Waals surface area contributed by atoms with Gasteiger partial charge in [0.1, 0.15) is 10.9 Å². The maximum atomic E-state index is 13.9. The van der Waals surface area contributed by atoms with E-state index in [2.05, 4.69) is 97.6 Å². The van der Waals surface area contributed by atoms with Gasteiger partial charge in [-0.15, -0.1) is 11.3 Å². The number of anilines is 3. The minimum Gasteiger partial charge on any atom is -0.480 e. The first-order valence-corrected chi connectivity index (χ1v) is 18.6. The quantitative estimate of drug-likeness (QED) is 0.123. The van der Waals surface area contributed by atoms with E-state index in [1.807, 2.05) is 42.5 Å². The fourth-order valence-corrected chi connectivity index (χ4v) is 8.80. The number of carbonyl (C=O) groups is 3. The van der Waals surface area contributed by atoms with Gasteiger partial charge in [0.25, 0.3) is 5.91 Å². The molecular weight excluding hydrogens is 705 g/mol. The third-order valence-electron chi connectivity index (χ3n) is 9.21. The second kappa shape index (κ2) is 13.5. The number of amides is 1. The van der Waals surface area contributed by atoms with Gasteiger partial charge in [0.15, 0.2) is 5.78 Å². The van der Waals surface area contributed by atoms with E-state index < -0.39 is 18.4 Å². The van der Waals surface area contributed by atoms with E-state index in [-0.39, 0.29) is 10.1 Å². The number of hydrogen-bond donors (Lipinski definition) is 1. The Kier molecular flexibility index (Phi) is 8.71. The first kappa shape index (κ1) is 33.5. The van der Waals surface area contributed by atoms with Gasteiger partial charge in [0.2, 0.25) is 0 Å². The van der Waals surface area contributed by atoms with Crippen LogP contribution in [0.1, 0.15) is 31.9 Å². The van der Waals surface area contributed by atoms with Crippen LogP contribution in [-0.4, -0.2) is 38.5 Å². The molecule has 5 aromatic carbocycles. The van der Waals surface area contributed by atoms with Crippen molar-refractivity contribution in [2.24, 2.45) is 0 Å². The minimum absolute atomic E-state index is 0.00544. The topological polar surface area (TPSA) is 77.9 Å². The number of aryl methyl sites for hydroxylation is 2. The fourth-order valence-electron chi connectivity index (χ4n) is 6.54. The lowest BCUT2D eigenvalue weighted by Gasteiger charge is -2.26. The van der Waals surface area contributed by atoms with E-state index in [1.54, 1.807) is 6.08 Å². The maximum Gasteiger partial charge on any atom is 0.323 e. The van der Waals surface area contributed by atoms with Crippen molar-refractivity contribution >= 4 is 80.4 Å². The van der Waals surface area contributed by atoms with Gasteiger partial charge in [-0.2, -0.15) is 0 Å². The van der Waals surface area contributed by atoms with E-state index in [4.69, 9.17) is 17.3 Å². The van der Waals surface area contributed by atoms with Crippen LogP contribution in [0.25, 0.3) is 38.8 Å². The lowest BCUT2D eigenvalue weighted by atomic mass is 9.98. The Morgan fingerprint density at radius 3 is 1.79 bits per heavy atom. The predicted molar refractivity (Wildman–Crippen MR) is 216 cm³/mol. The monoisotopic (exact) mass is 734 g/mol. The Labute approximate surface area is 314 Å². The lowest BCUT2D eigenvalue weighted by Crippen LogP contribution is -2.33. The number of thioether (sulfide) groups is 1. The van der Waals surface area contributed by atoms with E-state index in [9.17, 15) is 14.4 Å². The van der Waals surface area contributed by atoms with Crippen LogP contribution in [-0.2, 0) is 9.59 Å². The average Bonchev–Trinajstić information content (AvgIpc) is 3.81. The molecule has 0 bridgehead atoms. The lowest BCUT2D eigenvalue weighted by molar-refractivity contribution is -0.140. The van der Waals surface area contributed by atoms with Crippen molar-refractivity contribution < 1.29 is 19.5 Å². The Balaban J connectivity index is 1.04. The minimum atomic E-state index is -1.12. The zero-order valence-electron chi connectivity index (χ0n) is 28.1. The van der Waals surface area contributed by atoms with Gasteiger partial charge in [-0.3, -0.25) is 19.3 Å². The Bertz CT molecular complexity index is 2420. The van der Waals surface area contributed by atoms with Crippen LogP contribution >= 0.6 is 35.3 Å². The number of ketones is 1. The number of carbonyl (C=O) groups excluding carboxylic acids is 2. The highest BCUT2D eigenvalue weighted by Crippen LogP contribution is 2.43. The molecule has 6 nitrogen and oxygen atoms in total. The largest absolute Gasteiger partial charge is 0.480 e. The van der Waals surface area contributed by atoms with E-state index in [1.165, 1.54) is 22.5 Å². The fraction of sp³-hybridized carbons (Fsp3) is 0.0698. The molecule has 1 aromatic heterocycles. The summed E-state index contributed by atoms with van der Waals surface area (Å²) >= 11 is 7.81. The molecule has 52 heavy (non-hydrogen) atoms. The number of benzene rings is 5. The third-order valence-corrected chi connectivity index (χ3v) is 11.7. The smallest absolute Gasteiger partial charge is 0.323 e. The molecule has 0 atom stereocenters. The average molecular weight is 735 g/mol. The molecule has 0 spiro atoms. The van der Waals surface area contributed by atoms with Crippen molar-refractivity contribution in [1.29, 1.82) is 0 Å². The molecule has 1 saturated heterocycles. The van der Waals surface area contributed by atoms with Crippen LogP contribution < -0.4 is 4.90 Å². The van der Waals surface area contributed by atoms with E-state index in [0.717, 1.165) is 71.3 Å². The number of thiocarbonyl (C=S) groups is 1. The molecular formula is C43H30N2O4S3. The Morgan fingerprint density at radius 2 is 1.21 bits per heavy atom. The van der Waals surface area contributed by atoms with E-state index >= 15 is 0 Å². The number of carboxylic acid groups (broad SMARTS) is 1. The molecule has 1 N–H and O–H groups in total. The highest BCUT2D eigenvalue weighted by atomic mass is 32.2. The number of nitrogens with zero attached hydrogens (tertiary/aromatic N) is 2. The van der Waals surface area contributed by atoms with Crippen molar-refractivity contribution in [2.45, 2.75) is 13.8 Å². The van der Waals surface area contributed by atoms with Crippen molar-refractivity contribution in [1.82, 2.24) is 4.90 Å². The van der Waals surface area contributed by atoms with Gasteiger partial charge in [-0.25, -0.2) is 0 Å². The highest BCUT2D eigenvalue weighted by Gasteiger charge is 2.33. The molecule has 6 aromatic rings. The number of carboxylic acids is 1. The van der Waals surface area contributed by atoms with Gasteiger partial charge in [-0.1, -0.05) is 95.8 Å². The summed E-state index contributed by atoms with van der Waals surface area (Å²) in [6.07, 6.45) is 1.74. The zero-order valence-corrected chi connectivity index (χ0v) is 30.6. The summed E-state index contributed by atoms with van der Waals surface area (Å²) in [5.74, 6) is -1.53. The van der Waals surface area contributed by atoms with Crippen molar-refractivity contribution in [2.75, 3.05) is 11.4 Å². The summed E-state index contributed by atoms with van der Waals surface area (Å²) in [5, 5.41) is 9.12. The molecule has 1 aliphatic heterocycles. The summed E-state index contributed by atoms with van der Waals surface area (Å²) in [7, 11) is 0. The molecule has 0 unspecified atom stereocenters. The van der Waals surface area contributed by atoms with E-state index in [0.29, 0.717) is 16.0 Å². The maximum absolute atomic E-state index is 13.9. The van der Waals surface area contributed by atoms with Gasteiger partial charge in [0.05, 0.1) is 4.91 Å². The van der Waals surface area contributed by atoms with Crippen molar-refractivity contribution in [3.05, 3.63) is 153 Å². The first-order valence-electron chi connectivity index (χ1n) is 16.6. The molecule has 0 saturated carbocycles. The van der Waals surface area contributed by atoms with Gasteiger partial charge in [0, 0.05) is 37.9 Å². The number of hydrogen-bond acceptors (Lipinski definition) is 7. The standard InChI is InChI=1S/C43H30N2O4S3/c1-25-3-11-30(12-4-25)45(31-13-5-26(2)6-14-31)32-15-7-27(8-16-32)28-9-18-34-35-19-10-29(22-37(35)41(48)36(34)21-28)38-20-17-33(51-38)23-39-42(49)44(24-40(46)47)43(50)52-39/h3-23H,24H2,1-2H3,(H,46,47). The summed E-state index contributed by atoms with van der Waals surface area (Å²) < 4.78 is 0.232. The molecule has 254 valence electrons. The molecule has 1 fully saturated rings. The SMILES string of the molecule is Cc1ccc(N(c2ccc(C)cc2)c2ccc(-c3ccc4c(c3)C(=O)c3cc(-c5ccc(C=C6SC(=S)N(CC(=O)O)C6=O)s5)ccc3-4)cc2)cc1. The molecule has 0 radical (unpaired) electrons. The normalized spacial score (nSPS) is 14.2. The van der Waals surface area contributed by atoms with Crippen LogP contribution in [0, 0.1) is 13.8 Å². The molecule has 1 aliphatic carbocycles. The molecule has 1 amide bonds. The zero-order chi connectivity index (χ0) is 36.1. The third kappa shape index (κ3) is 6.28. The van der Waals surface area contributed by atoms with Gasteiger partial charge < -0.3 is 10.0 Å². The molecule has 9 heteroatoms. The summed E-state index contributed by atoms with van der Waals surface area (Å²) in [6.45, 7) is 3.72. The van der Waals surface area contributed by atoms with Crippen LogP contribution in [0.3, 0.4) is 0 Å². The summed E-state index contributed by atoms with van der Waals surface area (Å²) in [6, 6.07) is 41.5. The van der Waals surface area contributed by atoms with Crippen LogP contribution in [0.15, 0.2) is 126 Å². The van der Waals surface area contributed by atoms with Crippen molar-refractivity contribution in [3.8, 4) is 32.7 Å². The first-order chi connectivity index (χ1) is 25.1. The van der Waals surface area contributed by atoms with Crippen LogP contribution in [0.4, 0.5) is 17.1 Å². The number of thiophene rings is 1. The summed E-state index contributed by atoms with van der Waals surface area (Å²) in [4.78, 5) is 43.3. The second-order valence-corrected chi connectivity index (χ2v) is 15.6. The molecule has 2 heterocycles.